The van der Waals surface area contributed by atoms with E-state index in [0.717, 1.165) is 31.9 Å². The maximum atomic E-state index is 11.8. The van der Waals surface area contributed by atoms with Gasteiger partial charge >= 0.3 is 0 Å². The van der Waals surface area contributed by atoms with Crippen molar-refractivity contribution in [3.8, 4) is 0 Å². The van der Waals surface area contributed by atoms with Crippen molar-refractivity contribution in [3.63, 3.8) is 0 Å². The zero-order chi connectivity index (χ0) is 12.3. The Morgan fingerprint density at radius 1 is 1.41 bits per heavy atom. The molecule has 98 valence electrons. The molecule has 0 bridgehead atoms. The molecule has 1 saturated carbocycles. The first-order chi connectivity index (χ1) is 8.22. The summed E-state index contributed by atoms with van der Waals surface area (Å²) < 4.78 is 5.76. The normalized spacial score (nSPS) is 30.2. The molecule has 2 aliphatic rings. The molecule has 1 heterocycles. The molecule has 1 aliphatic carbocycles. The lowest BCUT2D eigenvalue weighted by atomic mass is 10.1. The van der Waals surface area contributed by atoms with Gasteiger partial charge in [0.1, 0.15) is 0 Å². The molecule has 0 spiro atoms. The van der Waals surface area contributed by atoms with E-state index in [4.69, 9.17) is 4.74 Å². The Hall–Kier alpha value is -0.610. The fourth-order valence-electron chi connectivity index (χ4n) is 2.48. The van der Waals surface area contributed by atoms with Gasteiger partial charge in [0.2, 0.25) is 5.91 Å². The van der Waals surface area contributed by atoms with Crippen molar-refractivity contribution in [1.82, 2.24) is 10.6 Å². The Bertz CT molecular complexity index is 266. The van der Waals surface area contributed by atoms with E-state index in [9.17, 15) is 4.79 Å². The zero-order valence-electron chi connectivity index (χ0n) is 10.9. The van der Waals surface area contributed by atoms with Gasteiger partial charge in [-0.1, -0.05) is 6.92 Å². The minimum Gasteiger partial charge on any atom is -0.376 e. The van der Waals surface area contributed by atoms with Crippen molar-refractivity contribution >= 4 is 5.91 Å². The van der Waals surface area contributed by atoms with Gasteiger partial charge in [0.25, 0.3) is 0 Å². The van der Waals surface area contributed by atoms with Crippen LogP contribution in [0.4, 0.5) is 0 Å². The molecule has 4 nitrogen and oxygen atoms in total. The van der Waals surface area contributed by atoms with Gasteiger partial charge in [-0.2, -0.15) is 0 Å². The summed E-state index contributed by atoms with van der Waals surface area (Å²) in [6.07, 6.45) is 4.94. The number of ether oxygens (including phenoxy) is 1. The number of hydrogen-bond donors (Lipinski definition) is 2. The lowest BCUT2D eigenvalue weighted by molar-refractivity contribution is -0.123. The molecule has 1 amide bonds. The average Bonchev–Trinajstić information content (AvgIpc) is 3.07. The lowest BCUT2D eigenvalue weighted by Crippen LogP contribution is -2.49. The number of hydrogen-bond acceptors (Lipinski definition) is 3. The molecule has 1 aliphatic heterocycles. The minimum atomic E-state index is -0.116. The highest BCUT2D eigenvalue weighted by Crippen LogP contribution is 2.38. The Morgan fingerprint density at radius 3 is 2.82 bits per heavy atom. The number of amides is 1. The molecule has 3 unspecified atom stereocenters. The molecule has 2 fully saturated rings. The fraction of sp³-hybridized carbons (Fsp3) is 0.923. The molecular weight excluding hydrogens is 216 g/mol. The van der Waals surface area contributed by atoms with Crippen LogP contribution in [-0.4, -0.2) is 37.2 Å². The van der Waals surface area contributed by atoms with Gasteiger partial charge in [-0.3, -0.25) is 4.79 Å². The molecule has 1 saturated heterocycles. The molecule has 0 aromatic carbocycles. The largest absolute Gasteiger partial charge is 0.376 e. The van der Waals surface area contributed by atoms with E-state index < -0.39 is 0 Å². The highest BCUT2D eigenvalue weighted by atomic mass is 16.5. The molecule has 4 heteroatoms. The Morgan fingerprint density at radius 2 is 2.18 bits per heavy atom. The van der Waals surface area contributed by atoms with Gasteiger partial charge < -0.3 is 15.4 Å². The third kappa shape index (κ3) is 3.42. The van der Waals surface area contributed by atoms with Crippen LogP contribution in [-0.2, 0) is 9.53 Å². The molecule has 0 radical (unpaired) electrons. The van der Waals surface area contributed by atoms with Gasteiger partial charge in [0, 0.05) is 19.2 Å². The lowest BCUT2D eigenvalue weighted by Gasteiger charge is -2.23. The van der Waals surface area contributed by atoms with Crippen molar-refractivity contribution in [1.29, 1.82) is 0 Å². The number of nitrogens with one attached hydrogen (secondary N) is 2. The predicted octanol–water partition coefficient (Wildman–Crippen LogP) is 1.06. The number of carbonyl (C=O) groups is 1. The van der Waals surface area contributed by atoms with Crippen LogP contribution in [0.2, 0.25) is 0 Å². The molecular formula is C13H24N2O2. The number of carbonyl (C=O) groups excluding carboxylic acids is 1. The summed E-state index contributed by atoms with van der Waals surface area (Å²) in [5, 5.41) is 6.35. The van der Waals surface area contributed by atoms with Crippen LogP contribution < -0.4 is 10.6 Å². The summed E-state index contributed by atoms with van der Waals surface area (Å²) in [5.41, 5.74) is 0. The van der Waals surface area contributed by atoms with Crippen LogP contribution in [0.1, 0.15) is 39.5 Å². The first-order valence-corrected chi connectivity index (χ1v) is 6.87. The highest BCUT2D eigenvalue weighted by molar-refractivity contribution is 5.81. The smallest absolute Gasteiger partial charge is 0.236 e. The van der Waals surface area contributed by atoms with Crippen molar-refractivity contribution in [2.45, 2.75) is 57.7 Å². The van der Waals surface area contributed by atoms with Crippen LogP contribution in [0.5, 0.6) is 0 Å². The summed E-state index contributed by atoms with van der Waals surface area (Å²) in [6.45, 7) is 5.60. The first-order valence-electron chi connectivity index (χ1n) is 6.87. The SMILES string of the molecule is CCCNC(=O)C(C)NC1CCOC1C1CC1. The van der Waals surface area contributed by atoms with E-state index in [1.807, 2.05) is 6.92 Å². The van der Waals surface area contributed by atoms with E-state index in [2.05, 4.69) is 17.6 Å². The molecule has 0 aromatic rings. The summed E-state index contributed by atoms with van der Waals surface area (Å²) >= 11 is 0. The Labute approximate surface area is 103 Å². The van der Waals surface area contributed by atoms with E-state index >= 15 is 0 Å². The Balaban J connectivity index is 1.76. The third-order valence-corrected chi connectivity index (χ3v) is 3.63. The quantitative estimate of drug-likeness (QED) is 0.730. The van der Waals surface area contributed by atoms with Crippen LogP contribution in [0.15, 0.2) is 0 Å². The summed E-state index contributed by atoms with van der Waals surface area (Å²) in [7, 11) is 0. The topological polar surface area (TPSA) is 50.4 Å². The van der Waals surface area contributed by atoms with Gasteiger partial charge in [0.05, 0.1) is 12.1 Å². The van der Waals surface area contributed by atoms with E-state index in [-0.39, 0.29) is 11.9 Å². The van der Waals surface area contributed by atoms with Crippen LogP contribution >= 0.6 is 0 Å². The Kier molecular flexibility index (Phi) is 4.40. The third-order valence-electron chi connectivity index (χ3n) is 3.63. The average molecular weight is 240 g/mol. The molecule has 2 rings (SSSR count). The fourth-order valence-corrected chi connectivity index (χ4v) is 2.48. The van der Waals surface area contributed by atoms with E-state index in [1.54, 1.807) is 0 Å². The molecule has 2 N–H and O–H groups in total. The van der Waals surface area contributed by atoms with Gasteiger partial charge in [-0.25, -0.2) is 0 Å². The zero-order valence-corrected chi connectivity index (χ0v) is 10.9. The van der Waals surface area contributed by atoms with Crippen LogP contribution in [0.25, 0.3) is 0 Å². The second-order valence-corrected chi connectivity index (χ2v) is 5.25. The molecule has 3 atom stereocenters. The summed E-state index contributed by atoms with van der Waals surface area (Å²) in [5.74, 6) is 0.842. The van der Waals surface area contributed by atoms with Crippen LogP contribution in [0, 0.1) is 5.92 Å². The summed E-state index contributed by atoms with van der Waals surface area (Å²) in [6, 6.07) is 0.249. The molecule has 17 heavy (non-hydrogen) atoms. The second-order valence-electron chi connectivity index (χ2n) is 5.25. The van der Waals surface area contributed by atoms with Crippen LogP contribution in [0.3, 0.4) is 0 Å². The highest BCUT2D eigenvalue weighted by Gasteiger charge is 2.41. The van der Waals surface area contributed by atoms with Crippen molar-refractivity contribution in [3.05, 3.63) is 0 Å². The monoisotopic (exact) mass is 240 g/mol. The van der Waals surface area contributed by atoms with Gasteiger partial charge in [-0.05, 0) is 38.5 Å². The summed E-state index contributed by atoms with van der Waals surface area (Å²) in [4.78, 5) is 11.8. The van der Waals surface area contributed by atoms with Crippen molar-refractivity contribution in [2.24, 2.45) is 5.92 Å². The van der Waals surface area contributed by atoms with Crippen molar-refractivity contribution in [2.75, 3.05) is 13.2 Å². The maximum absolute atomic E-state index is 11.8. The first kappa shape index (κ1) is 12.8. The van der Waals surface area contributed by atoms with Gasteiger partial charge in [0.15, 0.2) is 0 Å². The predicted molar refractivity (Wildman–Crippen MR) is 66.8 cm³/mol. The maximum Gasteiger partial charge on any atom is 0.236 e. The van der Waals surface area contributed by atoms with E-state index in [0.29, 0.717) is 12.1 Å². The standard InChI is InChI=1S/C13H24N2O2/c1-3-7-14-13(16)9(2)15-11-6-8-17-12(11)10-4-5-10/h9-12,15H,3-8H2,1-2H3,(H,14,16). The number of rotatable bonds is 6. The van der Waals surface area contributed by atoms with E-state index in [1.165, 1.54) is 12.8 Å². The second kappa shape index (κ2) is 5.83. The van der Waals surface area contributed by atoms with Gasteiger partial charge in [-0.15, -0.1) is 0 Å². The minimum absolute atomic E-state index is 0.105. The molecule has 0 aromatic heterocycles. The van der Waals surface area contributed by atoms with Crippen molar-refractivity contribution < 1.29 is 9.53 Å².